The lowest BCUT2D eigenvalue weighted by Crippen LogP contribution is -2.37. The first-order chi connectivity index (χ1) is 13.7. The summed E-state index contributed by atoms with van der Waals surface area (Å²) in [5, 5.41) is 4.59. The second-order valence-corrected chi connectivity index (χ2v) is 7.14. The number of aromatic carboxylic acids is 1. The summed E-state index contributed by atoms with van der Waals surface area (Å²) in [4.78, 5) is 35.4. The van der Waals surface area contributed by atoms with E-state index < -0.39 is 69.4 Å². The molecule has 0 heterocycles. The molecule has 0 amide bonds. The van der Waals surface area contributed by atoms with E-state index in [1.165, 1.54) is 0 Å². The van der Waals surface area contributed by atoms with E-state index in [1.807, 2.05) is 0 Å². The SMILES string of the molecule is [B]Cc1c([B])c(C[B])c(C(=O)OCC(=O)OCC(F)(F)S(=O)(=O)O)c(C(=O)O)c1[B]. The predicted molar refractivity (Wildman–Crippen MR) is 101 cm³/mol. The van der Waals surface area contributed by atoms with Gasteiger partial charge in [-0.15, -0.1) is 0 Å². The molecule has 152 valence electrons. The third-order valence-corrected chi connectivity index (χ3v) is 4.60. The summed E-state index contributed by atoms with van der Waals surface area (Å²) < 4.78 is 63.7. The van der Waals surface area contributed by atoms with Crippen LogP contribution >= 0.6 is 0 Å². The van der Waals surface area contributed by atoms with Crippen LogP contribution in [0.3, 0.4) is 0 Å². The van der Waals surface area contributed by atoms with E-state index in [-0.39, 0.29) is 22.9 Å². The van der Waals surface area contributed by atoms with Crippen molar-refractivity contribution in [3.63, 3.8) is 0 Å². The lowest BCUT2D eigenvalue weighted by molar-refractivity contribution is -0.153. The van der Waals surface area contributed by atoms with Crippen LogP contribution in [0.1, 0.15) is 31.8 Å². The summed E-state index contributed by atoms with van der Waals surface area (Å²) in [5.74, 6) is -4.75. The summed E-state index contributed by atoms with van der Waals surface area (Å²) in [6.45, 7) is -3.37. The third kappa shape index (κ3) is 5.42. The fourth-order valence-corrected chi connectivity index (χ4v) is 2.46. The molecule has 0 aliphatic heterocycles. The highest BCUT2D eigenvalue weighted by Crippen LogP contribution is 2.21. The Balaban J connectivity index is 3.13. The highest BCUT2D eigenvalue weighted by atomic mass is 32.2. The molecule has 1 aromatic carbocycles. The van der Waals surface area contributed by atoms with Crippen LogP contribution in [0.25, 0.3) is 0 Å². The molecular weight excluding hydrogens is 425 g/mol. The number of ether oxygens (including phenoxy) is 2. The van der Waals surface area contributed by atoms with Gasteiger partial charge in [0.25, 0.3) is 0 Å². The number of esters is 2. The van der Waals surface area contributed by atoms with Gasteiger partial charge in [-0.3, -0.25) is 4.55 Å². The van der Waals surface area contributed by atoms with Crippen molar-refractivity contribution in [1.29, 1.82) is 0 Å². The van der Waals surface area contributed by atoms with Crippen LogP contribution < -0.4 is 10.9 Å². The van der Waals surface area contributed by atoms with Crippen LogP contribution in [0.15, 0.2) is 0 Å². The zero-order valence-electron chi connectivity index (χ0n) is 15.1. The van der Waals surface area contributed by atoms with Crippen LogP contribution in [0.2, 0.25) is 0 Å². The first-order valence-electron chi connectivity index (χ1n) is 7.73. The summed E-state index contributed by atoms with van der Waals surface area (Å²) in [6, 6.07) is 0. The minimum Gasteiger partial charge on any atom is -0.478 e. The number of carbonyl (C=O) groups is 3. The quantitative estimate of drug-likeness (QED) is 0.244. The lowest BCUT2D eigenvalue weighted by atomic mass is 9.68. The van der Waals surface area contributed by atoms with Gasteiger partial charge >= 0.3 is 33.3 Å². The average Bonchev–Trinajstić information content (AvgIpc) is 2.63. The predicted octanol–water partition coefficient (Wildman–Crippen LogP) is -2.51. The highest BCUT2D eigenvalue weighted by Gasteiger charge is 2.45. The summed E-state index contributed by atoms with van der Waals surface area (Å²) in [7, 11) is 16.6. The fraction of sp³-hybridized carbons (Fsp3) is 0.357. The topological polar surface area (TPSA) is 144 Å². The molecule has 0 saturated carbocycles. The van der Waals surface area contributed by atoms with E-state index in [2.05, 4.69) is 9.47 Å². The van der Waals surface area contributed by atoms with Crippen molar-refractivity contribution in [3.05, 3.63) is 22.3 Å². The minimum absolute atomic E-state index is 0.0104. The second-order valence-electron chi connectivity index (χ2n) is 5.60. The number of carbonyl (C=O) groups excluding carboxylic acids is 2. The largest absolute Gasteiger partial charge is 0.478 e. The first kappa shape index (κ1) is 25.7. The Morgan fingerprint density at radius 2 is 1.50 bits per heavy atom. The second kappa shape index (κ2) is 9.65. The lowest BCUT2D eigenvalue weighted by Gasteiger charge is -2.21. The Hall–Kier alpha value is -2.34. The maximum atomic E-state index is 13.0. The zero-order chi connectivity index (χ0) is 23.4. The van der Waals surface area contributed by atoms with Gasteiger partial charge in [0.1, 0.15) is 15.7 Å². The summed E-state index contributed by atoms with van der Waals surface area (Å²) in [6.07, 6.45) is -0.733. The number of alkyl halides is 2. The molecular formula is C14H10B4F2O9S. The van der Waals surface area contributed by atoms with Crippen LogP contribution in [0.4, 0.5) is 8.78 Å². The average molecular weight is 436 g/mol. The molecule has 9 nitrogen and oxygen atoms in total. The fourth-order valence-electron chi connectivity index (χ4n) is 2.25. The number of carboxylic acids is 1. The Labute approximate surface area is 174 Å². The number of hydrogen-bond acceptors (Lipinski definition) is 7. The van der Waals surface area contributed by atoms with Gasteiger partial charge in [-0.1, -0.05) is 29.1 Å². The molecule has 0 saturated heterocycles. The number of rotatable bonds is 9. The van der Waals surface area contributed by atoms with Gasteiger partial charge < -0.3 is 14.6 Å². The van der Waals surface area contributed by atoms with Crippen molar-refractivity contribution in [2.45, 2.75) is 17.9 Å². The van der Waals surface area contributed by atoms with Crippen molar-refractivity contribution in [2.75, 3.05) is 13.2 Å². The van der Waals surface area contributed by atoms with Gasteiger partial charge in [0, 0.05) is 0 Å². The van der Waals surface area contributed by atoms with E-state index in [1.54, 1.807) is 0 Å². The van der Waals surface area contributed by atoms with Gasteiger partial charge in [-0.05, 0) is 5.56 Å². The molecule has 0 aliphatic carbocycles. The first-order valence-corrected chi connectivity index (χ1v) is 9.17. The number of hydrogen-bond donors (Lipinski definition) is 2. The van der Waals surface area contributed by atoms with Gasteiger partial charge in [-0.2, -0.15) is 17.2 Å². The van der Waals surface area contributed by atoms with E-state index in [0.717, 1.165) is 0 Å². The molecule has 0 aromatic heterocycles. The van der Waals surface area contributed by atoms with Crippen LogP contribution in [0.5, 0.6) is 0 Å². The van der Waals surface area contributed by atoms with Crippen LogP contribution in [0, 0.1) is 0 Å². The molecule has 0 unspecified atom stereocenters. The Bertz CT molecular complexity index is 982. The van der Waals surface area contributed by atoms with Gasteiger partial charge in [0.05, 0.1) is 26.8 Å². The maximum Gasteiger partial charge on any atom is 0.402 e. The van der Waals surface area contributed by atoms with Crippen molar-refractivity contribution in [2.24, 2.45) is 0 Å². The van der Waals surface area contributed by atoms with Crippen LogP contribution in [-0.2, 0) is 37.0 Å². The molecule has 0 spiro atoms. The Kier molecular flexibility index (Phi) is 8.26. The summed E-state index contributed by atoms with van der Waals surface area (Å²) in [5.41, 5.74) is -2.24. The monoisotopic (exact) mass is 436 g/mol. The number of halogens is 2. The molecule has 2 N–H and O–H groups in total. The zero-order valence-corrected chi connectivity index (χ0v) is 15.9. The molecule has 0 atom stereocenters. The highest BCUT2D eigenvalue weighted by molar-refractivity contribution is 7.86. The van der Waals surface area contributed by atoms with E-state index in [0.29, 0.717) is 0 Å². The van der Waals surface area contributed by atoms with Gasteiger partial charge in [0.2, 0.25) is 0 Å². The van der Waals surface area contributed by atoms with Gasteiger partial charge in [-0.25, -0.2) is 14.4 Å². The molecule has 16 heteroatoms. The molecule has 1 aromatic rings. The van der Waals surface area contributed by atoms with E-state index in [9.17, 15) is 36.7 Å². The van der Waals surface area contributed by atoms with Crippen molar-refractivity contribution < 1.29 is 50.7 Å². The normalized spacial score (nSPS) is 11.7. The van der Waals surface area contributed by atoms with Crippen molar-refractivity contribution >= 4 is 70.3 Å². The Morgan fingerprint density at radius 1 is 0.967 bits per heavy atom. The van der Waals surface area contributed by atoms with Gasteiger partial charge in [0.15, 0.2) is 13.2 Å². The van der Waals surface area contributed by atoms with E-state index in [4.69, 9.17) is 35.9 Å². The van der Waals surface area contributed by atoms with Crippen molar-refractivity contribution in [3.8, 4) is 0 Å². The van der Waals surface area contributed by atoms with E-state index >= 15 is 0 Å². The van der Waals surface area contributed by atoms with Crippen LogP contribution in [-0.4, -0.2) is 85.8 Å². The third-order valence-electron chi connectivity index (χ3n) is 3.72. The maximum absolute atomic E-state index is 13.0. The minimum atomic E-state index is -5.85. The molecule has 1 rings (SSSR count). The number of carboxylic acid groups (broad SMARTS) is 1. The molecule has 8 radical (unpaired) electrons. The molecule has 0 bridgehead atoms. The molecule has 30 heavy (non-hydrogen) atoms. The standard InChI is InChI=1S/C14H10B4F2O9S/c15-1-5-8(9(12(22)23)11(18)6(2-16)10(5)17)13(24)28-3-7(21)29-4-14(19,20)30(25,26)27/h1-4H2,(H,22,23)(H,25,26,27). The summed E-state index contributed by atoms with van der Waals surface area (Å²) >= 11 is 0. The smallest absolute Gasteiger partial charge is 0.402 e. The molecule has 0 aliphatic rings. The Morgan fingerprint density at radius 3 is 1.93 bits per heavy atom. The number of benzene rings is 1. The van der Waals surface area contributed by atoms with Crippen molar-refractivity contribution in [1.82, 2.24) is 0 Å². The molecule has 0 fully saturated rings.